The molecular weight excluding hydrogens is 1680 g/mol. The molecule has 22 N–H and O–H groups in total. The van der Waals surface area contributed by atoms with Gasteiger partial charge in [0.25, 0.3) is 5.97 Å². The highest BCUT2D eigenvalue weighted by Crippen LogP contribution is 2.63. The van der Waals surface area contributed by atoms with Crippen LogP contribution in [0.2, 0.25) is 0 Å². The Morgan fingerprint density at radius 3 is 1.21 bits per heavy atom. The number of aliphatic hydroxyl groups is 4. The summed E-state index contributed by atoms with van der Waals surface area (Å²) in [4.78, 5) is 191. The van der Waals surface area contributed by atoms with Gasteiger partial charge in [0.15, 0.2) is 45.6 Å². The van der Waals surface area contributed by atoms with Crippen LogP contribution in [0, 0.1) is 10.8 Å². The van der Waals surface area contributed by atoms with Crippen molar-refractivity contribution >= 4 is 150 Å². The Hall–Kier alpha value is -5.94. The maximum Gasteiger partial charge on any atom is 0.481 e. The lowest BCUT2D eigenvalue weighted by Gasteiger charge is -2.30. The van der Waals surface area contributed by atoms with Crippen LogP contribution >= 0.6 is 70.5 Å². The molecule has 112 heavy (non-hydrogen) atoms. The minimum atomic E-state index is -5.56. The molecule has 14 atom stereocenters. The van der Waals surface area contributed by atoms with Gasteiger partial charge in [0.05, 0.1) is 39.1 Å². The van der Waals surface area contributed by atoms with Gasteiger partial charge in [-0.25, -0.2) is 57.3 Å². The molecule has 4 amide bonds. The number of phosphoric acid groups is 6. The molecule has 0 radical (unpaired) electrons. The van der Waals surface area contributed by atoms with Gasteiger partial charge in [0, 0.05) is 88.0 Å². The highest BCUT2D eigenvalue weighted by molar-refractivity contribution is 8.13. The standard InChI is InChI=1S/C24H40N7O17P3S.C23H38N7O17P3S.C3H6O2.C2H4O2/c1-4-15(33)52-8-7-26-14(32)5-6-27-22(36)19(35)24(2,3)10-45-51(42,43)48-50(40,41)44-9-13-18(47-49(37,38)39)17(34)23(46-13)31-12-30-16-20(25)28-11-29-21(16)31;1-12(31)51-7-6-25-14(32)4-5-26-21(35)18(34)23(2,3)9-44-50(41,42)47-49(39,40)43-8-13-17(46-48(36,37)38)16(33)22(45-13)30-11-29-15-19(24)27-10-28-20(15)30;1-2-3(4)5;1-2(3)4/h11-13,17-19,23,34-35H,4-10H2,1-3H3,(H,26,32)(H,27,36)(H,40,41)(H,42,43)(H2,25,28,29)(H2,37,38,39);10-11,13,16-18,22,33-34H,4-9H2,1-3H3,(H,25,32)(H,26,35)(H,39,40)(H,41,42)(H2,24,27,28)(H2,36,37,38);2H2,1H3,(H,4,5);1H3,(H,3,4)/t13-,17-,18-,19+,23-;13-,16-,17-,18+,22-;;/m11../s1. The van der Waals surface area contributed by atoms with Crippen molar-refractivity contribution in [2.45, 2.75) is 142 Å². The van der Waals surface area contributed by atoms with Crippen LogP contribution in [0.25, 0.3) is 22.3 Å². The molecule has 0 bridgehead atoms. The van der Waals surface area contributed by atoms with Gasteiger partial charge < -0.3 is 112 Å². The van der Waals surface area contributed by atoms with E-state index in [1.807, 2.05) is 0 Å². The fraction of sp³-hybridized carbons (Fsp3) is 0.654. The number of nitrogen functional groups attached to an aromatic ring is 2. The van der Waals surface area contributed by atoms with E-state index < -0.39 is 181 Å². The van der Waals surface area contributed by atoms with E-state index in [-0.39, 0.29) is 89.6 Å². The summed E-state index contributed by atoms with van der Waals surface area (Å²) in [6.07, 6.45) is -13.2. The number of nitrogens with zero attached hydrogens (tertiary/aromatic N) is 8. The van der Waals surface area contributed by atoms with Crippen molar-refractivity contribution in [3.63, 3.8) is 0 Å². The van der Waals surface area contributed by atoms with E-state index >= 15 is 0 Å². The average Bonchev–Trinajstić information content (AvgIpc) is 1.61. The van der Waals surface area contributed by atoms with E-state index in [0.29, 0.717) is 17.9 Å². The first-order chi connectivity index (χ1) is 51.6. The van der Waals surface area contributed by atoms with Crippen LogP contribution in [0.5, 0.6) is 0 Å². The number of carboxylic acids is 2. The third-order valence-corrected chi connectivity index (χ3v) is 22.2. The van der Waals surface area contributed by atoms with Crippen LogP contribution in [0.1, 0.15) is 93.5 Å². The lowest BCUT2D eigenvalue weighted by atomic mass is 9.87. The minimum Gasteiger partial charge on any atom is -0.481 e. The topological polar surface area (TPSA) is 802 Å². The number of carbonyl (C=O) groups excluding carboxylic acids is 6. The van der Waals surface area contributed by atoms with E-state index in [1.54, 1.807) is 13.8 Å². The number of fused-ring (bicyclic) bond motifs is 2. The predicted molar refractivity (Wildman–Crippen MR) is 381 cm³/mol. The average molecular weight is 1770 g/mol. The quantitative estimate of drug-likeness (QED) is 0.0175. The largest absolute Gasteiger partial charge is 0.481 e. The number of imidazole rings is 2. The second kappa shape index (κ2) is 44.4. The molecule has 2 fully saturated rings. The van der Waals surface area contributed by atoms with Crippen molar-refractivity contribution in [2.75, 3.05) is 75.6 Å². The number of carboxylic acid groups (broad SMARTS) is 2. The van der Waals surface area contributed by atoms with Gasteiger partial charge in [-0.3, -0.25) is 74.6 Å². The number of rotatable bonds is 40. The third kappa shape index (κ3) is 34.9. The van der Waals surface area contributed by atoms with Gasteiger partial charge in [0.2, 0.25) is 23.6 Å². The van der Waals surface area contributed by atoms with E-state index in [1.165, 1.54) is 34.6 Å². The zero-order chi connectivity index (χ0) is 85.3. The molecule has 2 aliphatic rings. The van der Waals surface area contributed by atoms with E-state index in [4.69, 9.17) is 54.0 Å². The summed E-state index contributed by atoms with van der Waals surface area (Å²) in [7, 11) is -32.7. The molecule has 0 saturated carbocycles. The molecule has 6 rings (SSSR count). The maximum atomic E-state index is 12.6. The summed E-state index contributed by atoms with van der Waals surface area (Å²) < 4.78 is 124. The molecule has 0 aromatic carbocycles. The van der Waals surface area contributed by atoms with E-state index in [9.17, 15) is 121 Å². The number of hydrogen-bond acceptors (Lipinski definition) is 38. The van der Waals surface area contributed by atoms with Crippen LogP contribution in [0.4, 0.5) is 11.6 Å². The van der Waals surface area contributed by atoms with Gasteiger partial charge in [0.1, 0.15) is 72.5 Å². The number of amides is 4. The number of nitrogens with one attached hydrogen (secondary N) is 4. The monoisotopic (exact) mass is 1770 g/mol. The number of anilines is 2. The molecule has 0 aliphatic carbocycles. The lowest BCUT2D eigenvalue weighted by molar-refractivity contribution is -0.137. The number of thioether (sulfide) groups is 2. The number of hydrogen-bond donors (Lipinski definition) is 20. The van der Waals surface area contributed by atoms with Gasteiger partial charge >= 0.3 is 52.9 Å². The van der Waals surface area contributed by atoms with Gasteiger partial charge in [-0.1, -0.05) is 65.1 Å². The molecule has 4 aromatic heterocycles. The first-order valence-corrected chi connectivity index (χ1v) is 43.1. The Labute approximate surface area is 642 Å². The smallest absolute Gasteiger partial charge is 0.481 e. The van der Waals surface area contributed by atoms with Gasteiger partial charge in [-0.2, -0.15) is 8.62 Å². The van der Waals surface area contributed by atoms with Crippen molar-refractivity contribution in [3.05, 3.63) is 25.3 Å². The van der Waals surface area contributed by atoms with Crippen LogP contribution in [0.3, 0.4) is 0 Å². The fourth-order valence-corrected chi connectivity index (χ4v) is 15.5. The molecule has 2 saturated heterocycles. The second-order valence-electron chi connectivity index (χ2n) is 24.3. The maximum absolute atomic E-state index is 12.6. The van der Waals surface area contributed by atoms with Crippen molar-refractivity contribution < 1.29 is 181 Å². The SMILES string of the molecule is CC(=O)O.CC(=O)SCCNC(=O)CCNC(=O)[C@H](O)C(C)(C)COP(=O)(O)OP(=O)(O)OC[C@H]1O[C@@H](n2cnc3c(N)ncnc32)[C@H](O)[C@@H]1OP(=O)(O)O.CCC(=O)O.CCC(=O)SCCNC(=O)CCNC(=O)[C@H](O)C(C)(C)COP(=O)(O)OP(=O)(O)OC[C@H]1O[C@@H](n2cnc3c(N)ncnc32)[C@H](O)[C@@H]1OP(=O)(O)O. The Morgan fingerprint density at radius 1 is 0.545 bits per heavy atom. The van der Waals surface area contributed by atoms with E-state index in [0.717, 1.165) is 64.9 Å². The number of carbonyl (C=O) groups is 8. The van der Waals surface area contributed by atoms with Crippen LogP contribution in [-0.4, -0.2) is 268 Å². The summed E-state index contributed by atoms with van der Waals surface area (Å²) in [6, 6.07) is 0. The highest BCUT2D eigenvalue weighted by Gasteiger charge is 2.53. The molecule has 636 valence electrons. The third-order valence-electron chi connectivity index (χ3n) is 14.2. The first-order valence-electron chi connectivity index (χ1n) is 32.1. The highest BCUT2D eigenvalue weighted by atomic mass is 32.2. The fourth-order valence-electron chi connectivity index (χ4n) is 8.72. The van der Waals surface area contributed by atoms with Crippen molar-refractivity contribution in [1.82, 2.24) is 60.3 Å². The number of aromatic nitrogens is 8. The van der Waals surface area contributed by atoms with Gasteiger partial charge in [-0.05, 0) is 0 Å². The minimum absolute atomic E-state index is 0.0221. The Balaban J connectivity index is 0.000000523. The summed E-state index contributed by atoms with van der Waals surface area (Å²) >= 11 is 2.10. The first kappa shape index (κ1) is 100. The zero-order valence-corrected chi connectivity index (χ0v) is 67.3. The summed E-state index contributed by atoms with van der Waals surface area (Å²) in [5, 5.41) is 67.4. The number of phosphoric ester groups is 6. The van der Waals surface area contributed by atoms with Gasteiger partial charge in [-0.15, -0.1) is 0 Å². The molecule has 60 heteroatoms. The van der Waals surface area contributed by atoms with Crippen LogP contribution < -0.4 is 32.7 Å². The number of ether oxygens (including phenoxy) is 2. The molecule has 2 aliphatic heterocycles. The molecule has 0 spiro atoms. The van der Waals surface area contributed by atoms with Crippen molar-refractivity contribution in [3.8, 4) is 0 Å². The number of aliphatic carboxylic acids is 2. The normalized spacial score (nSPS) is 21.2. The number of nitrogens with two attached hydrogens (primary N) is 2. The molecular formula is C52H88N14O38P6S2. The lowest BCUT2D eigenvalue weighted by Crippen LogP contribution is -2.46. The summed E-state index contributed by atoms with van der Waals surface area (Å²) in [5.74, 6) is -3.73. The second-order valence-corrected chi connectivity index (χ2v) is 35.2. The Kier molecular flexibility index (Phi) is 39.7. The van der Waals surface area contributed by atoms with Crippen LogP contribution in [-0.2, 0) is 111 Å². The molecule has 6 heterocycles. The summed E-state index contributed by atoms with van der Waals surface area (Å²) in [6.45, 7) is 6.83. The van der Waals surface area contributed by atoms with Crippen LogP contribution in [0.15, 0.2) is 25.3 Å². The predicted octanol–water partition coefficient (Wildman–Crippen LogP) is -1.67. The number of aliphatic hydroxyl groups excluding tert-OH is 4. The Bertz CT molecular complexity index is 4170. The van der Waals surface area contributed by atoms with E-state index in [2.05, 4.69) is 68.8 Å². The molecule has 4 aromatic rings. The Morgan fingerprint density at radius 2 is 0.884 bits per heavy atom. The van der Waals surface area contributed by atoms with Crippen molar-refractivity contribution in [1.29, 1.82) is 0 Å². The van der Waals surface area contributed by atoms with Crippen molar-refractivity contribution in [2.24, 2.45) is 10.8 Å². The zero-order valence-electron chi connectivity index (χ0n) is 60.3. The summed E-state index contributed by atoms with van der Waals surface area (Å²) in [5.41, 5.74) is 8.52. The molecule has 4 unspecified atom stereocenters. The molecule has 52 nitrogen and oxygen atoms in total.